The standard InChI is InChI=1S/C16H15ClN2/c1-3-11-6-13(10-18-9-11)15-7-12-4-5-14(17)8-16(12)19(15)2/h4-10H,3H2,1-2H3. The minimum Gasteiger partial charge on any atom is -0.344 e. The zero-order valence-corrected chi connectivity index (χ0v) is 11.8. The summed E-state index contributed by atoms with van der Waals surface area (Å²) in [5.74, 6) is 0. The van der Waals surface area contributed by atoms with Gasteiger partial charge in [0, 0.05) is 40.9 Å². The molecule has 0 bridgehead atoms. The van der Waals surface area contributed by atoms with Crippen molar-refractivity contribution in [1.82, 2.24) is 9.55 Å². The first-order chi connectivity index (χ1) is 9.19. The van der Waals surface area contributed by atoms with E-state index in [1.165, 1.54) is 16.6 Å². The summed E-state index contributed by atoms with van der Waals surface area (Å²) in [5.41, 5.74) is 4.71. The van der Waals surface area contributed by atoms with Gasteiger partial charge in [0.1, 0.15) is 0 Å². The molecule has 19 heavy (non-hydrogen) atoms. The lowest BCUT2D eigenvalue weighted by atomic mass is 10.1. The molecule has 3 aromatic rings. The second kappa shape index (κ2) is 4.71. The number of hydrogen-bond acceptors (Lipinski definition) is 1. The summed E-state index contributed by atoms with van der Waals surface area (Å²) in [6.07, 6.45) is 4.83. The second-order valence-electron chi connectivity index (χ2n) is 4.73. The van der Waals surface area contributed by atoms with Crippen molar-refractivity contribution < 1.29 is 0 Å². The van der Waals surface area contributed by atoms with Crippen molar-refractivity contribution in [3.63, 3.8) is 0 Å². The Kier molecular flexibility index (Phi) is 3.03. The van der Waals surface area contributed by atoms with E-state index in [9.17, 15) is 0 Å². The van der Waals surface area contributed by atoms with Crippen LogP contribution in [0.15, 0.2) is 42.7 Å². The quantitative estimate of drug-likeness (QED) is 0.672. The van der Waals surface area contributed by atoms with Crippen LogP contribution in [0.5, 0.6) is 0 Å². The molecule has 2 aromatic heterocycles. The molecular weight excluding hydrogens is 256 g/mol. The van der Waals surface area contributed by atoms with E-state index in [0.717, 1.165) is 22.5 Å². The number of nitrogens with zero attached hydrogens (tertiary/aromatic N) is 2. The minimum atomic E-state index is 0.765. The highest BCUT2D eigenvalue weighted by molar-refractivity contribution is 6.31. The van der Waals surface area contributed by atoms with Gasteiger partial charge in [0.15, 0.2) is 0 Å². The Labute approximate surface area is 117 Å². The first kappa shape index (κ1) is 12.2. The molecule has 3 heteroatoms. The molecule has 0 unspecified atom stereocenters. The van der Waals surface area contributed by atoms with E-state index in [-0.39, 0.29) is 0 Å². The van der Waals surface area contributed by atoms with Crippen molar-refractivity contribution in [1.29, 1.82) is 0 Å². The smallest absolute Gasteiger partial charge is 0.0504 e. The maximum absolute atomic E-state index is 6.07. The fourth-order valence-electron chi connectivity index (χ4n) is 2.40. The number of rotatable bonds is 2. The molecule has 0 spiro atoms. The average molecular weight is 271 g/mol. The minimum absolute atomic E-state index is 0.765. The van der Waals surface area contributed by atoms with Gasteiger partial charge in [-0.25, -0.2) is 0 Å². The Morgan fingerprint density at radius 1 is 1.16 bits per heavy atom. The monoisotopic (exact) mass is 270 g/mol. The van der Waals surface area contributed by atoms with E-state index in [1.807, 2.05) is 24.5 Å². The van der Waals surface area contributed by atoms with Crippen LogP contribution in [0.2, 0.25) is 5.02 Å². The van der Waals surface area contributed by atoms with Crippen LogP contribution in [0.4, 0.5) is 0 Å². The van der Waals surface area contributed by atoms with Gasteiger partial charge < -0.3 is 4.57 Å². The van der Waals surface area contributed by atoms with Crippen molar-refractivity contribution in [3.8, 4) is 11.3 Å². The Bertz CT molecular complexity index is 744. The predicted octanol–water partition coefficient (Wildman–Crippen LogP) is 4.46. The average Bonchev–Trinajstić information content (AvgIpc) is 2.76. The van der Waals surface area contributed by atoms with Crippen molar-refractivity contribution in [2.45, 2.75) is 13.3 Å². The molecule has 0 saturated carbocycles. The lowest BCUT2D eigenvalue weighted by Crippen LogP contribution is -1.93. The van der Waals surface area contributed by atoms with E-state index < -0.39 is 0 Å². The summed E-state index contributed by atoms with van der Waals surface area (Å²) < 4.78 is 2.16. The fourth-order valence-corrected chi connectivity index (χ4v) is 2.57. The van der Waals surface area contributed by atoms with Gasteiger partial charge in [-0.1, -0.05) is 24.6 Å². The first-order valence-electron chi connectivity index (χ1n) is 6.38. The van der Waals surface area contributed by atoms with Crippen molar-refractivity contribution >= 4 is 22.5 Å². The summed E-state index contributed by atoms with van der Waals surface area (Å²) in [6, 6.07) is 10.4. The molecule has 2 nitrogen and oxygen atoms in total. The van der Waals surface area contributed by atoms with Crippen LogP contribution >= 0.6 is 11.6 Å². The third-order valence-electron chi connectivity index (χ3n) is 3.51. The lowest BCUT2D eigenvalue weighted by molar-refractivity contribution is 0.974. The highest BCUT2D eigenvalue weighted by Gasteiger charge is 2.09. The molecule has 0 radical (unpaired) electrons. The number of pyridine rings is 1. The SMILES string of the molecule is CCc1cncc(-c2cc3ccc(Cl)cc3n2C)c1. The number of fused-ring (bicyclic) bond motifs is 1. The highest BCUT2D eigenvalue weighted by Crippen LogP contribution is 2.29. The molecule has 0 atom stereocenters. The molecule has 3 rings (SSSR count). The van der Waals surface area contributed by atoms with Crippen molar-refractivity contribution in [2.24, 2.45) is 7.05 Å². The van der Waals surface area contributed by atoms with Crippen LogP contribution in [0.25, 0.3) is 22.2 Å². The van der Waals surface area contributed by atoms with Crippen molar-refractivity contribution in [2.75, 3.05) is 0 Å². The van der Waals surface area contributed by atoms with Crippen LogP contribution < -0.4 is 0 Å². The molecule has 0 N–H and O–H groups in total. The molecule has 0 fully saturated rings. The number of hydrogen-bond donors (Lipinski definition) is 0. The second-order valence-corrected chi connectivity index (χ2v) is 5.16. The number of benzene rings is 1. The Hall–Kier alpha value is -1.80. The van der Waals surface area contributed by atoms with Gasteiger partial charge in [-0.05, 0) is 36.2 Å². The zero-order chi connectivity index (χ0) is 13.4. The third kappa shape index (κ3) is 2.13. The van der Waals surface area contributed by atoms with Crippen LogP contribution in [0.3, 0.4) is 0 Å². The molecular formula is C16H15ClN2. The van der Waals surface area contributed by atoms with Gasteiger partial charge in [-0.2, -0.15) is 0 Å². The topological polar surface area (TPSA) is 17.8 Å². The van der Waals surface area contributed by atoms with Gasteiger partial charge in [-0.3, -0.25) is 4.98 Å². The van der Waals surface area contributed by atoms with E-state index in [2.05, 4.69) is 41.7 Å². The number of halogens is 1. The Morgan fingerprint density at radius 3 is 2.79 bits per heavy atom. The van der Waals surface area contributed by atoms with Crippen LogP contribution in [-0.4, -0.2) is 9.55 Å². The third-order valence-corrected chi connectivity index (χ3v) is 3.74. The summed E-state index contributed by atoms with van der Waals surface area (Å²) >= 11 is 6.07. The lowest BCUT2D eigenvalue weighted by Gasteiger charge is -2.05. The van der Waals surface area contributed by atoms with E-state index in [1.54, 1.807) is 0 Å². The predicted molar refractivity (Wildman–Crippen MR) is 80.5 cm³/mol. The summed E-state index contributed by atoms with van der Waals surface area (Å²) in [7, 11) is 2.06. The Balaban J connectivity index is 2.21. The molecule has 0 saturated heterocycles. The summed E-state index contributed by atoms with van der Waals surface area (Å²) in [6.45, 7) is 2.14. The van der Waals surface area contributed by atoms with Gasteiger partial charge in [0.05, 0.1) is 5.69 Å². The number of aryl methyl sites for hydroxylation is 2. The molecule has 0 amide bonds. The Morgan fingerprint density at radius 2 is 2.00 bits per heavy atom. The largest absolute Gasteiger partial charge is 0.344 e. The highest BCUT2D eigenvalue weighted by atomic mass is 35.5. The molecule has 1 aromatic carbocycles. The van der Waals surface area contributed by atoms with Crippen LogP contribution in [0.1, 0.15) is 12.5 Å². The van der Waals surface area contributed by atoms with Gasteiger partial charge >= 0.3 is 0 Å². The molecule has 0 aliphatic carbocycles. The van der Waals surface area contributed by atoms with Gasteiger partial charge in [0.2, 0.25) is 0 Å². The van der Waals surface area contributed by atoms with Crippen molar-refractivity contribution in [3.05, 3.63) is 53.3 Å². The van der Waals surface area contributed by atoms with E-state index in [4.69, 9.17) is 11.6 Å². The van der Waals surface area contributed by atoms with Crippen LogP contribution in [0, 0.1) is 0 Å². The van der Waals surface area contributed by atoms with E-state index >= 15 is 0 Å². The first-order valence-corrected chi connectivity index (χ1v) is 6.76. The molecule has 0 aliphatic rings. The fraction of sp³-hybridized carbons (Fsp3) is 0.188. The maximum atomic E-state index is 6.07. The van der Waals surface area contributed by atoms with E-state index in [0.29, 0.717) is 0 Å². The zero-order valence-electron chi connectivity index (χ0n) is 11.0. The molecule has 2 heterocycles. The normalized spacial score (nSPS) is 11.1. The number of aromatic nitrogens is 2. The van der Waals surface area contributed by atoms with Gasteiger partial charge in [0.25, 0.3) is 0 Å². The summed E-state index contributed by atoms with van der Waals surface area (Å²) in [4.78, 5) is 4.32. The summed E-state index contributed by atoms with van der Waals surface area (Å²) in [5, 5.41) is 1.96. The van der Waals surface area contributed by atoms with Gasteiger partial charge in [-0.15, -0.1) is 0 Å². The van der Waals surface area contributed by atoms with Crippen LogP contribution in [-0.2, 0) is 13.5 Å². The molecule has 0 aliphatic heterocycles. The maximum Gasteiger partial charge on any atom is 0.0504 e. The molecule has 96 valence electrons.